The number of imide groups is 1. The molecule has 0 saturated carbocycles. The largest absolute Gasteiger partial charge is 0.491 e. The van der Waals surface area contributed by atoms with E-state index in [4.69, 9.17) is 14.2 Å². The lowest BCUT2D eigenvalue weighted by Crippen LogP contribution is -2.60. The molecular weight excluding hydrogens is 907 g/mol. The van der Waals surface area contributed by atoms with Gasteiger partial charge in [0.1, 0.15) is 36.0 Å². The van der Waals surface area contributed by atoms with Gasteiger partial charge >= 0.3 is 18.0 Å². The number of anilines is 2. The van der Waals surface area contributed by atoms with Crippen molar-refractivity contribution in [1.29, 1.82) is 0 Å². The highest BCUT2D eigenvalue weighted by Gasteiger charge is 2.76. The van der Waals surface area contributed by atoms with E-state index in [0.717, 1.165) is 10.5 Å². The Morgan fingerprint density at radius 1 is 0.831 bits per heavy atom. The number of morpholine rings is 1. The smallest absolute Gasteiger partial charge is 0.329 e. The fourth-order valence-corrected chi connectivity index (χ4v) is 10.7. The standard InChI is InChI=1S/C54H55N7O10/c1-34(2)43(49(65)69-3)57-53(68)60-41-23-18-35(13-10-11-30-62)33-40(41)54(51(60)67)42(48(64)58-26-28-59(29-27-58)52-55-24-12-25-56-52)45-50(66)71-46(37-16-8-5-9-17-37)44(36-14-6-4-7-15-36)61(45)47(54)38-19-21-39(22-20-38)70-32-31-63/h4-9,12,14-25,33-34,42-47,62-63H,11,26-32H2,1-3H3,(H,57,68)/t42-,43-,44-,45-,46+,47+,54-/m0/s1. The molecule has 3 fully saturated rings. The molecule has 17 nitrogen and oxygen atoms in total. The number of esters is 2. The molecule has 1 aromatic heterocycles. The Morgan fingerprint density at radius 2 is 1.51 bits per heavy atom. The number of ether oxygens (including phenoxy) is 3. The van der Waals surface area contributed by atoms with Crippen molar-refractivity contribution in [3.63, 3.8) is 0 Å². The van der Waals surface area contributed by atoms with E-state index in [9.17, 15) is 15.0 Å². The molecule has 4 aromatic carbocycles. The molecule has 366 valence electrons. The number of cyclic esters (lactones) is 1. The van der Waals surface area contributed by atoms with Crippen LogP contribution in [0.15, 0.2) is 122 Å². The minimum atomic E-state index is -2.09. The zero-order valence-corrected chi connectivity index (χ0v) is 39.6. The Balaban J connectivity index is 1.32. The highest BCUT2D eigenvalue weighted by molar-refractivity contribution is 6.25. The van der Waals surface area contributed by atoms with Crippen molar-refractivity contribution in [2.45, 2.75) is 56.0 Å². The number of piperazine rings is 1. The second kappa shape index (κ2) is 20.7. The lowest BCUT2D eigenvalue weighted by Gasteiger charge is -2.46. The molecule has 4 aliphatic rings. The summed E-state index contributed by atoms with van der Waals surface area (Å²) in [6.07, 6.45) is 2.49. The average molecular weight is 962 g/mol. The zero-order valence-electron chi connectivity index (χ0n) is 39.6. The van der Waals surface area contributed by atoms with Gasteiger partial charge in [-0.05, 0) is 64.6 Å². The number of methoxy groups -OCH3 is 1. The quantitative estimate of drug-likeness (QED) is 0.116. The van der Waals surface area contributed by atoms with Gasteiger partial charge in [0, 0.05) is 50.6 Å². The van der Waals surface area contributed by atoms with Crippen LogP contribution in [0.25, 0.3) is 0 Å². The summed E-state index contributed by atoms with van der Waals surface area (Å²) < 4.78 is 17.5. The van der Waals surface area contributed by atoms with Crippen molar-refractivity contribution in [1.82, 2.24) is 25.1 Å². The number of aromatic nitrogens is 2. The highest BCUT2D eigenvalue weighted by atomic mass is 16.6. The number of aliphatic hydroxyl groups excluding tert-OH is 2. The molecule has 71 heavy (non-hydrogen) atoms. The van der Waals surface area contributed by atoms with Crippen LogP contribution < -0.4 is 19.9 Å². The minimum Gasteiger partial charge on any atom is -0.491 e. The van der Waals surface area contributed by atoms with E-state index >= 15 is 19.2 Å². The van der Waals surface area contributed by atoms with Crippen LogP contribution in [0.1, 0.15) is 66.3 Å². The summed E-state index contributed by atoms with van der Waals surface area (Å²) in [5, 5.41) is 22.1. The van der Waals surface area contributed by atoms with Gasteiger partial charge in [-0.2, -0.15) is 0 Å². The maximum atomic E-state index is 16.7. The summed E-state index contributed by atoms with van der Waals surface area (Å²) in [5.74, 6) is 2.16. The topological polar surface area (TPSA) is 204 Å². The normalized spacial score (nSPS) is 23.1. The third-order valence-corrected chi connectivity index (χ3v) is 13.8. The van der Waals surface area contributed by atoms with Gasteiger partial charge in [-0.3, -0.25) is 19.3 Å². The molecule has 9 rings (SSSR count). The highest BCUT2D eigenvalue weighted by Crippen LogP contribution is 2.66. The Hall–Kier alpha value is -7.65. The summed E-state index contributed by atoms with van der Waals surface area (Å²) >= 11 is 0. The van der Waals surface area contributed by atoms with Crippen LogP contribution in [0.4, 0.5) is 16.4 Å². The molecule has 0 unspecified atom stereocenters. The molecule has 0 radical (unpaired) electrons. The number of amides is 4. The molecule has 5 heterocycles. The first-order chi connectivity index (χ1) is 34.5. The molecule has 1 spiro atoms. The van der Waals surface area contributed by atoms with Crippen LogP contribution >= 0.6 is 0 Å². The average Bonchev–Trinajstić information content (AvgIpc) is 3.86. The lowest BCUT2D eigenvalue weighted by molar-refractivity contribution is -0.179. The molecule has 3 N–H and O–H groups in total. The number of fused-ring (bicyclic) bond motifs is 3. The molecule has 7 atom stereocenters. The fourth-order valence-electron chi connectivity index (χ4n) is 10.7. The maximum Gasteiger partial charge on any atom is 0.329 e. The molecular formula is C54H55N7O10. The lowest BCUT2D eigenvalue weighted by atomic mass is 9.64. The molecule has 4 aliphatic heterocycles. The molecule has 3 saturated heterocycles. The molecule has 17 heteroatoms. The maximum absolute atomic E-state index is 16.7. The van der Waals surface area contributed by atoms with Crippen LogP contribution in [-0.4, -0.2) is 125 Å². The van der Waals surface area contributed by atoms with Crippen molar-refractivity contribution >= 4 is 41.4 Å². The van der Waals surface area contributed by atoms with Crippen LogP contribution in [0.5, 0.6) is 5.75 Å². The second-order valence-corrected chi connectivity index (χ2v) is 18.1. The van der Waals surface area contributed by atoms with Gasteiger partial charge < -0.3 is 39.5 Å². The number of carbonyl (C=O) groups excluding carboxylic acids is 5. The van der Waals surface area contributed by atoms with Crippen molar-refractivity contribution < 1.29 is 48.4 Å². The number of carbonyl (C=O) groups is 5. The van der Waals surface area contributed by atoms with Crippen LogP contribution in [0.3, 0.4) is 0 Å². The Kier molecular flexibility index (Phi) is 14.1. The van der Waals surface area contributed by atoms with Crippen LogP contribution in [0.2, 0.25) is 0 Å². The predicted molar refractivity (Wildman–Crippen MR) is 260 cm³/mol. The van der Waals surface area contributed by atoms with E-state index in [-0.39, 0.29) is 50.6 Å². The van der Waals surface area contributed by atoms with Crippen molar-refractivity contribution in [3.8, 4) is 17.6 Å². The third kappa shape index (κ3) is 8.83. The van der Waals surface area contributed by atoms with Gasteiger partial charge in [-0.25, -0.2) is 24.5 Å². The Labute approximate surface area is 411 Å². The number of nitrogens with one attached hydrogen (secondary N) is 1. The van der Waals surface area contributed by atoms with E-state index in [1.165, 1.54) is 7.11 Å². The summed E-state index contributed by atoms with van der Waals surface area (Å²) in [5.41, 5.74) is 0.602. The number of benzene rings is 4. The van der Waals surface area contributed by atoms with Gasteiger partial charge in [-0.1, -0.05) is 98.5 Å². The molecule has 5 aromatic rings. The van der Waals surface area contributed by atoms with Crippen LogP contribution in [0, 0.1) is 23.7 Å². The number of rotatable bonds is 12. The van der Waals surface area contributed by atoms with E-state index < -0.39 is 77.3 Å². The summed E-state index contributed by atoms with van der Waals surface area (Å²) in [6.45, 7) is 4.07. The van der Waals surface area contributed by atoms with E-state index in [1.807, 2.05) is 70.5 Å². The van der Waals surface area contributed by atoms with Crippen molar-refractivity contribution in [3.05, 3.63) is 149 Å². The number of hydrogen-bond donors (Lipinski definition) is 3. The SMILES string of the molecule is COC(=O)[C@@H](NC(=O)N1C(=O)[C@@]2(c3cc(C#CCCO)ccc31)[C@H](C(=O)N1CCN(c3ncccn3)CC1)[C@H]1C(=O)O[C@H](c3ccccc3)[C@H](c3ccccc3)N1[C@@H]2c1ccc(OCCO)cc1)C(C)C. The summed E-state index contributed by atoms with van der Waals surface area (Å²) in [6, 6.07) is 26.8. The van der Waals surface area contributed by atoms with Crippen molar-refractivity contribution in [2.75, 3.05) is 62.9 Å². The first-order valence-electron chi connectivity index (χ1n) is 23.7. The van der Waals surface area contributed by atoms with Crippen molar-refractivity contribution in [2.24, 2.45) is 11.8 Å². The van der Waals surface area contributed by atoms with E-state index in [1.54, 1.807) is 79.7 Å². The molecule has 0 bridgehead atoms. The van der Waals surface area contributed by atoms with E-state index in [2.05, 4.69) is 27.1 Å². The number of urea groups is 1. The monoisotopic (exact) mass is 961 g/mol. The predicted octanol–water partition coefficient (Wildman–Crippen LogP) is 4.50. The number of hydrogen-bond acceptors (Lipinski definition) is 14. The first-order valence-corrected chi connectivity index (χ1v) is 23.7. The summed E-state index contributed by atoms with van der Waals surface area (Å²) in [4.78, 5) is 92.3. The minimum absolute atomic E-state index is 0.0147. The van der Waals surface area contributed by atoms with Gasteiger partial charge in [-0.15, -0.1) is 0 Å². The molecule has 4 amide bonds. The third-order valence-electron chi connectivity index (χ3n) is 13.8. The van der Waals surface area contributed by atoms with E-state index in [0.29, 0.717) is 41.5 Å². The second-order valence-electron chi connectivity index (χ2n) is 18.1. The Bertz CT molecular complexity index is 2820. The van der Waals surface area contributed by atoms with Gasteiger partial charge in [0.15, 0.2) is 0 Å². The van der Waals surface area contributed by atoms with Crippen LogP contribution in [-0.2, 0) is 34.1 Å². The Morgan fingerprint density at radius 3 is 2.14 bits per heavy atom. The van der Waals surface area contributed by atoms with Gasteiger partial charge in [0.2, 0.25) is 17.8 Å². The number of aliphatic hydroxyl groups is 2. The van der Waals surface area contributed by atoms with Gasteiger partial charge in [0.25, 0.3) is 0 Å². The van der Waals surface area contributed by atoms with Gasteiger partial charge in [0.05, 0.1) is 44.0 Å². The first kappa shape index (κ1) is 48.4. The summed E-state index contributed by atoms with van der Waals surface area (Å²) in [7, 11) is 1.21. The fraction of sp³-hybridized carbons (Fsp3) is 0.352. The zero-order chi connectivity index (χ0) is 49.8. The molecule has 0 aliphatic carbocycles. The number of nitrogens with zero attached hydrogens (tertiary/aromatic N) is 6.